The lowest BCUT2D eigenvalue weighted by atomic mass is 9.92. The quantitative estimate of drug-likeness (QED) is 0.817. The van der Waals surface area contributed by atoms with Gasteiger partial charge in [0.1, 0.15) is 0 Å². The van der Waals surface area contributed by atoms with Gasteiger partial charge in [-0.1, -0.05) is 30.3 Å². The maximum atomic E-state index is 3.57. The predicted octanol–water partition coefficient (Wildman–Crippen LogP) is 2.69. The predicted molar refractivity (Wildman–Crippen MR) is 80.3 cm³/mol. The number of unbranched alkanes of at least 4 members (excludes halogenated alkanes) is 1. The van der Waals surface area contributed by atoms with Crippen molar-refractivity contribution in [3.8, 4) is 0 Å². The standard InChI is InChI=1S/C17H26N2/c1-2-7-15(8-3-1)9-4-5-11-19-12-6-10-16-13-18-14-17(16)19/h1-3,7-8,16-18H,4-6,9-14H2. The minimum atomic E-state index is 0.838. The molecular formula is C17H26N2. The van der Waals surface area contributed by atoms with Gasteiger partial charge in [0.2, 0.25) is 0 Å². The lowest BCUT2D eigenvalue weighted by Gasteiger charge is -2.37. The van der Waals surface area contributed by atoms with Crippen LogP contribution in [-0.4, -0.2) is 37.1 Å². The van der Waals surface area contributed by atoms with Gasteiger partial charge < -0.3 is 5.32 Å². The highest BCUT2D eigenvalue weighted by Gasteiger charge is 2.34. The molecule has 1 aromatic rings. The molecule has 104 valence electrons. The maximum Gasteiger partial charge on any atom is 0.0260 e. The third-order valence-corrected chi connectivity index (χ3v) is 4.80. The Hall–Kier alpha value is -0.860. The number of benzene rings is 1. The van der Waals surface area contributed by atoms with Crippen molar-refractivity contribution in [3.63, 3.8) is 0 Å². The van der Waals surface area contributed by atoms with Crippen LogP contribution in [0.5, 0.6) is 0 Å². The Morgan fingerprint density at radius 3 is 2.89 bits per heavy atom. The van der Waals surface area contributed by atoms with E-state index in [-0.39, 0.29) is 0 Å². The molecule has 19 heavy (non-hydrogen) atoms. The van der Waals surface area contributed by atoms with E-state index in [2.05, 4.69) is 40.5 Å². The molecule has 0 radical (unpaired) electrons. The molecule has 0 amide bonds. The summed E-state index contributed by atoms with van der Waals surface area (Å²) in [5.74, 6) is 0.933. The van der Waals surface area contributed by atoms with Crippen LogP contribution < -0.4 is 5.32 Å². The lowest BCUT2D eigenvalue weighted by molar-refractivity contribution is 0.123. The number of nitrogens with zero attached hydrogens (tertiary/aromatic N) is 1. The Balaban J connectivity index is 1.40. The average Bonchev–Trinajstić information content (AvgIpc) is 2.94. The highest BCUT2D eigenvalue weighted by atomic mass is 15.2. The molecule has 2 aliphatic heterocycles. The first kappa shape index (κ1) is 13.1. The number of nitrogens with one attached hydrogen (secondary N) is 1. The summed E-state index contributed by atoms with van der Waals surface area (Å²) in [5.41, 5.74) is 1.49. The minimum absolute atomic E-state index is 0.838. The maximum absolute atomic E-state index is 3.57. The average molecular weight is 258 g/mol. The normalized spacial score (nSPS) is 27.4. The van der Waals surface area contributed by atoms with E-state index in [1.165, 1.54) is 63.8 Å². The Morgan fingerprint density at radius 2 is 2.00 bits per heavy atom. The molecule has 1 N–H and O–H groups in total. The molecule has 2 heteroatoms. The summed E-state index contributed by atoms with van der Waals surface area (Å²) in [4.78, 5) is 2.75. The molecule has 3 rings (SSSR count). The van der Waals surface area contributed by atoms with Crippen molar-refractivity contribution in [1.82, 2.24) is 10.2 Å². The van der Waals surface area contributed by atoms with Gasteiger partial charge in [-0.05, 0) is 63.2 Å². The molecule has 0 aromatic heterocycles. The minimum Gasteiger partial charge on any atom is -0.315 e. The van der Waals surface area contributed by atoms with Crippen molar-refractivity contribution in [2.45, 2.75) is 38.1 Å². The second-order valence-corrected chi connectivity index (χ2v) is 6.11. The Labute approximate surface area is 117 Å². The van der Waals surface area contributed by atoms with Crippen molar-refractivity contribution in [2.24, 2.45) is 5.92 Å². The van der Waals surface area contributed by atoms with Crippen molar-refractivity contribution in [3.05, 3.63) is 35.9 Å². The summed E-state index contributed by atoms with van der Waals surface area (Å²) >= 11 is 0. The zero-order valence-corrected chi connectivity index (χ0v) is 11.9. The number of hydrogen-bond acceptors (Lipinski definition) is 2. The number of likely N-dealkylation sites (tertiary alicyclic amines) is 1. The highest BCUT2D eigenvalue weighted by molar-refractivity contribution is 5.14. The zero-order chi connectivity index (χ0) is 12.9. The second kappa shape index (κ2) is 6.53. The summed E-state index contributed by atoms with van der Waals surface area (Å²) in [5, 5.41) is 3.57. The SMILES string of the molecule is c1ccc(CCCCN2CCCC3CNCC32)cc1. The van der Waals surface area contributed by atoms with Gasteiger partial charge in [-0.25, -0.2) is 0 Å². The van der Waals surface area contributed by atoms with Crippen molar-refractivity contribution < 1.29 is 0 Å². The number of aryl methyl sites for hydroxylation is 1. The number of piperidine rings is 1. The van der Waals surface area contributed by atoms with E-state index in [0.717, 1.165) is 12.0 Å². The first-order valence-corrected chi connectivity index (χ1v) is 7.92. The van der Waals surface area contributed by atoms with Crippen LogP contribution >= 0.6 is 0 Å². The Bertz CT molecular complexity index is 376. The van der Waals surface area contributed by atoms with Crippen LogP contribution in [0.1, 0.15) is 31.2 Å². The van der Waals surface area contributed by atoms with Crippen LogP contribution in [0, 0.1) is 5.92 Å². The fourth-order valence-corrected chi connectivity index (χ4v) is 3.73. The third-order valence-electron chi connectivity index (χ3n) is 4.80. The first-order valence-electron chi connectivity index (χ1n) is 7.92. The lowest BCUT2D eigenvalue weighted by Crippen LogP contribution is -2.45. The van der Waals surface area contributed by atoms with E-state index in [0.29, 0.717) is 0 Å². The molecule has 2 atom stereocenters. The first-order chi connectivity index (χ1) is 9.43. The number of hydrogen-bond donors (Lipinski definition) is 1. The van der Waals surface area contributed by atoms with Crippen molar-refractivity contribution >= 4 is 0 Å². The molecule has 2 aliphatic rings. The molecule has 2 heterocycles. The molecule has 2 fully saturated rings. The molecule has 1 aromatic carbocycles. The van der Waals surface area contributed by atoms with Gasteiger partial charge in [0.15, 0.2) is 0 Å². The van der Waals surface area contributed by atoms with E-state index in [9.17, 15) is 0 Å². The molecule has 0 aliphatic carbocycles. The number of rotatable bonds is 5. The molecule has 2 unspecified atom stereocenters. The van der Waals surface area contributed by atoms with Gasteiger partial charge in [-0.15, -0.1) is 0 Å². The van der Waals surface area contributed by atoms with Crippen LogP contribution in [0.4, 0.5) is 0 Å². The summed E-state index contributed by atoms with van der Waals surface area (Å²) in [6.45, 7) is 5.11. The largest absolute Gasteiger partial charge is 0.315 e. The van der Waals surface area contributed by atoms with Gasteiger partial charge in [0.25, 0.3) is 0 Å². The van der Waals surface area contributed by atoms with Gasteiger partial charge in [0.05, 0.1) is 0 Å². The number of fused-ring (bicyclic) bond motifs is 1. The van der Waals surface area contributed by atoms with Crippen LogP contribution in [0.15, 0.2) is 30.3 Å². The van der Waals surface area contributed by atoms with Crippen molar-refractivity contribution in [1.29, 1.82) is 0 Å². The van der Waals surface area contributed by atoms with E-state index in [1.807, 2.05) is 0 Å². The monoisotopic (exact) mass is 258 g/mol. The summed E-state index contributed by atoms with van der Waals surface area (Å²) in [6.07, 6.45) is 6.75. The van der Waals surface area contributed by atoms with E-state index >= 15 is 0 Å². The fourth-order valence-electron chi connectivity index (χ4n) is 3.73. The summed E-state index contributed by atoms with van der Waals surface area (Å²) in [7, 11) is 0. The summed E-state index contributed by atoms with van der Waals surface area (Å²) < 4.78 is 0. The molecule has 0 spiro atoms. The zero-order valence-electron chi connectivity index (χ0n) is 11.9. The fraction of sp³-hybridized carbons (Fsp3) is 0.647. The topological polar surface area (TPSA) is 15.3 Å². The van der Waals surface area contributed by atoms with Gasteiger partial charge in [-0.2, -0.15) is 0 Å². The molecule has 0 saturated carbocycles. The summed E-state index contributed by atoms with van der Waals surface area (Å²) in [6, 6.07) is 11.7. The Kier molecular flexibility index (Phi) is 4.52. The van der Waals surface area contributed by atoms with Crippen LogP contribution in [-0.2, 0) is 6.42 Å². The smallest absolute Gasteiger partial charge is 0.0260 e. The van der Waals surface area contributed by atoms with Gasteiger partial charge in [0, 0.05) is 12.6 Å². The van der Waals surface area contributed by atoms with Crippen LogP contribution in [0.25, 0.3) is 0 Å². The Morgan fingerprint density at radius 1 is 1.11 bits per heavy atom. The highest BCUT2D eigenvalue weighted by Crippen LogP contribution is 2.26. The molecule has 0 bridgehead atoms. The van der Waals surface area contributed by atoms with Gasteiger partial charge >= 0.3 is 0 Å². The van der Waals surface area contributed by atoms with E-state index in [1.54, 1.807) is 0 Å². The molecule has 2 nitrogen and oxygen atoms in total. The third kappa shape index (κ3) is 3.37. The van der Waals surface area contributed by atoms with Gasteiger partial charge in [-0.3, -0.25) is 4.90 Å². The van der Waals surface area contributed by atoms with E-state index < -0.39 is 0 Å². The molecular weight excluding hydrogens is 232 g/mol. The second-order valence-electron chi connectivity index (χ2n) is 6.11. The molecule has 2 saturated heterocycles. The van der Waals surface area contributed by atoms with Crippen LogP contribution in [0.2, 0.25) is 0 Å². The van der Waals surface area contributed by atoms with E-state index in [4.69, 9.17) is 0 Å². The van der Waals surface area contributed by atoms with Crippen LogP contribution in [0.3, 0.4) is 0 Å². The van der Waals surface area contributed by atoms with Crippen molar-refractivity contribution in [2.75, 3.05) is 26.2 Å².